The first-order valence-corrected chi connectivity index (χ1v) is 10.4. The van der Waals surface area contributed by atoms with Crippen molar-refractivity contribution in [3.8, 4) is 11.3 Å². The van der Waals surface area contributed by atoms with Gasteiger partial charge in [-0.3, -0.25) is 10.1 Å². The Morgan fingerprint density at radius 2 is 1.93 bits per heavy atom. The number of benzene rings is 2. The lowest BCUT2D eigenvalue weighted by Crippen LogP contribution is -2.11. The van der Waals surface area contributed by atoms with E-state index in [0.29, 0.717) is 38.7 Å². The molecule has 2 heterocycles. The van der Waals surface area contributed by atoms with Crippen LogP contribution in [0.2, 0.25) is 10.0 Å². The van der Waals surface area contributed by atoms with Crippen LogP contribution in [0.4, 0.5) is 5.13 Å². The van der Waals surface area contributed by atoms with Gasteiger partial charge < -0.3 is 4.42 Å². The summed E-state index contributed by atoms with van der Waals surface area (Å²) in [5.41, 5.74) is 2.36. The van der Waals surface area contributed by atoms with Crippen molar-refractivity contribution >= 4 is 45.6 Å². The van der Waals surface area contributed by atoms with Crippen molar-refractivity contribution < 1.29 is 9.21 Å². The number of carbonyl (C=O) groups is 1. The van der Waals surface area contributed by atoms with Gasteiger partial charge in [-0.1, -0.05) is 59.6 Å². The summed E-state index contributed by atoms with van der Waals surface area (Å²) in [7, 11) is 0. The summed E-state index contributed by atoms with van der Waals surface area (Å²) >= 11 is 13.6. The number of nitrogens with zero attached hydrogens (tertiary/aromatic N) is 1. The Kier molecular flexibility index (Phi) is 5.72. The minimum absolute atomic E-state index is 0.251. The van der Waals surface area contributed by atoms with Crippen LogP contribution in [0.5, 0.6) is 0 Å². The Morgan fingerprint density at radius 3 is 2.69 bits per heavy atom. The number of hydrogen-bond acceptors (Lipinski definition) is 4. The molecule has 0 spiro atoms. The maximum absolute atomic E-state index is 12.7. The van der Waals surface area contributed by atoms with Crippen molar-refractivity contribution in [1.29, 1.82) is 0 Å². The second kappa shape index (κ2) is 8.41. The highest BCUT2D eigenvalue weighted by Gasteiger charge is 2.17. The molecule has 0 saturated carbocycles. The molecule has 2 aromatic heterocycles. The van der Waals surface area contributed by atoms with E-state index in [2.05, 4.69) is 10.3 Å². The smallest absolute Gasteiger partial charge is 0.261 e. The molecule has 146 valence electrons. The average Bonchev–Trinajstić information content (AvgIpc) is 3.31. The lowest BCUT2D eigenvalue weighted by Gasteiger charge is -2.02. The Hall–Kier alpha value is -2.60. The van der Waals surface area contributed by atoms with Crippen LogP contribution in [-0.2, 0) is 6.42 Å². The number of anilines is 1. The van der Waals surface area contributed by atoms with Crippen LogP contribution in [0.1, 0.15) is 26.6 Å². The summed E-state index contributed by atoms with van der Waals surface area (Å²) in [6.45, 7) is 1.77. The largest absolute Gasteiger partial charge is 0.461 e. The maximum atomic E-state index is 12.7. The van der Waals surface area contributed by atoms with Gasteiger partial charge in [0.2, 0.25) is 0 Å². The standard InChI is InChI=1S/C22H16Cl2N2O2S/c1-13-18(11-20(28-13)14-5-3-2-4-6-14)21(27)26-22-25-12-17(29-22)9-15-7-8-16(23)10-19(15)24/h2-8,10-12H,9H2,1H3,(H,25,26,27). The van der Waals surface area contributed by atoms with Crippen molar-refractivity contribution in [3.05, 3.63) is 92.6 Å². The Morgan fingerprint density at radius 1 is 1.14 bits per heavy atom. The van der Waals surface area contributed by atoms with Crippen molar-refractivity contribution in [3.63, 3.8) is 0 Å². The van der Waals surface area contributed by atoms with Gasteiger partial charge in [0.1, 0.15) is 11.5 Å². The first-order chi connectivity index (χ1) is 14.0. The van der Waals surface area contributed by atoms with Crippen molar-refractivity contribution in [2.75, 3.05) is 5.32 Å². The minimum Gasteiger partial charge on any atom is -0.461 e. The van der Waals surface area contributed by atoms with Gasteiger partial charge in [0.25, 0.3) is 5.91 Å². The molecule has 0 radical (unpaired) electrons. The second-order valence-corrected chi connectivity index (χ2v) is 8.40. The molecule has 0 saturated heterocycles. The number of thiazole rings is 1. The average molecular weight is 443 g/mol. The van der Waals surface area contributed by atoms with E-state index >= 15 is 0 Å². The molecule has 0 atom stereocenters. The summed E-state index contributed by atoms with van der Waals surface area (Å²) in [5.74, 6) is 0.968. The topological polar surface area (TPSA) is 55.1 Å². The van der Waals surface area contributed by atoms with E-state index in [4.69, 9.17) is 27.6 Å². The highest BCUT2D eigenvalue weighted by atomic mass is 35.5. The zero-order chi connectivity index (χ0) is 20.4. The van der Waals surface area contributed by atoms with Crippen LogP contribution < -0.4 is 5.32 Å². The number of carbonyl (C=O) groups excluding carboxylic acids is 1. The Labute approximate surface area is 182 Å². The number of amides is 1. The molecule has 0 aliphatic carbocycles. The molecule has 0 aliphatic rings. The van der Waals surface area contributed by atoms with Crippen LogP contribution in [0, 0.1) is 6.92 Å². The van der Waals surface area contributed by atoms with Gasteiger partial charge in [-0.05, 0) is 30.7 Å². The van der Waals surface area contributed by atoms with E-state index in [-0.39, 0.29) is 5.91 Å². The Bertz CT molecular complexity index is 1170. The highest BCUT2D eigenvalue weighted by molar-refractivity contribution is 7.15. The van der Waals surface area contributed by atoms with Crippen molar-refractivity contribution in [2.45, 2.75) is 13.3 Å². The summed E-state index contributed by atoms with van der Waals surface area (Å²) in [6, 6.07) is 16.8. The van der Waals surface area contributed by atoms with Gasteiger partial charge in [0, 0.05) is 33.1 Å². The third kappa shape index (κ3) is 4.53. The van der Waals surface area contributed by atoms with Crippen LogP contribution in [-0.4, -0.2) is 10.9 Å². The fourth-order valence-electron chi connectivity index (χ4n) is 2.92. The summed E-state index contributed by atoms with van der Waals surface area (Å²) in [5, 5.41) is 4.58. The fraction of sp³-hybridized carbons (Fsp3) is 0.0909. The number of rotatable bonds is 5. The van der Waals surface area contributed by atoms with E-state index in [9.17, 15) is 4.79 Å². The molecule has 4 nitrogen and oxygen atoms in total. The van der Waals surface area contributed by atoms with E-state index in [0.717, 1.165) is 16.0 Å². The predicted octanol–water partition coefficient (Wildman–Crippen LogP) is 6.86. The zero-order valence-electron chi connectivity index (χ0n) is 15.4. The summed E-state index contributed by atoms with van der Waals surface area (Å²) < 4.78 is 5.76. The number of nitrogens with one attached hydrogen (secondary N) is 1. The molecular formula is C22H16Cl2N2O2S. The first-order valence-electron chi connectivity index (χ1n) is 8.85. The molecule has 0 bridgehead atoms. The third-order valence-electron chi connectivity index (χ3n) is 4.37. The normalized spacial score (nSPS) is 10.9. The monoisotopic (exact) mass is 442 g/mol. The fourth-order valence-corrected chi connectivity index (χ4v) is 4.22. The molecule has 4 rings (SSSR count). The van der Waals surface area contributed by atoms with Crippen LogP contribution in [0.15, 0.2) is 65.2 Å². The van der Waals surface area contributed by atoms with Crippen LogP contribution in [0.25, 0.3) is 11.3 Å². The molecule has 29 heavy (non-hydrogen) atoms. The molecule has 1 amide bonds. The molecule has 4 aromatic rings. The van der Waals surface area contributed by atoms with Crippen LogP contribution in [0.3, 0.4) is 0 Å². The zero-order valence-corrected chi connectivity index (χ0v) is 17.7. The minimum atomic E-state index is -0.251. The van der Waals surface area contributed by atoms with E-state index < -0.39 is 0 Å². The van der Waals surface area contributed by atoms with Gasteiger partial charge in [-0.15, -0.1) is 11.3 Å². The van der Waals surface area contributed by atoms with Gasteiger partial charge >= 0.3 is 0 Å². The lowest BCUT2D eigenvalue weighted by atomic mass is 10.1. The number of hydrogen-bond donors (Lipinski definition) is 1. The maximum Gasteiger partial charge on any atom is 0.261 e. The van der Waals surface area contributed by atoms with Gasteiger partial charge in [-0.2, -0.15) is 0 Å². The molecule has 0 fully saturated rings. The quantitative estimate of drug-likeness (QED) is 0.367. The first kappa shape index (κ1) is 19.7. The summed E-state index contributed by atoms with van der Waals surface area (Å²) in [4.78, 5) is 18.0. The predicted molar refractivity (Wildman–Crippen MR) is 118 cm³/mol. The van der Waals surface area contributed by atoms with Crippen LogP contribution >= 0.6 is 34.5 Å². The molecule has 0 unspecified atom stereocenters. The van der Waals surface area contributed by atoms with Crippen molar-refractivity contribution in [1.82, 2.24) is 4.98 Å². The molecule has 7 heteroatoms. The Balaban J connectivity index is 1.48. The van der Waals surface area contributed by atoms with Gasteiger partial charge in [-0.25, -0.2) is 4.98 Å². The van der Waals surface area contributed by atoms with Gasteiger partial charge in [0.05, 0.1) is 5.56 Å². The number of aryl methyl sites for hydroxylation is 1. The number of furan rings is 1. The van der Waals surface area contributed by atoms with Crippen molar-refractivity contribution in [2.24, 2.45) is 0 Å². The van der Waals surface area contributed by atoms with Gasteiger partial charge in [0.15, 0.2) is 5.13 Å². The molecule has 1 N–H and O–H groups in total. The molecule has 0 aliphatic heterocycles. The molecule has 2 aromatic carbocycles. The number of aromatic nitrogens is 1. The SMILES string of the molecule is Cc1oc(-c2ccccc2)cc1C(=O)Nc1ncc(Cc2ccc(Cl)cc2Cl)s1. The van der Waals surface area contributed by atoms with E-state index in [1.54, 1.807) is 31.3 Å². The highest BCUT2D eigenvalue weighted by Crippen LogP contribution is 2.29. The molecular weight excluding hydrogens is 427 g/mol. The third-order valence-corrected chi connectivity index (χ3v) is 5.87. The van der Waals surface area contributed by atoms with E-state index in [1.807, 2.05) is 36.4 Å². The lowest BCUT2D eigenvalue weighted by molar-refractivity contribution is 0.102. The summed E-state index contributed by atoms with van der Waals surface area (Å²) in [6.07, 6.45) is 2.36. The second-order valence-electron chi connectivity index (χ2n) is 6.44. The number of halogens is 2. The van der Waals surface area contributed by atoms with E-state index in [1.165, 1.54) is 11.3 Å².